The molecule has 2 rings (SSSR count). The number of hydrogen-bond acceptors (Lipinski definition) is 4. The van der Waals surface area contributed by atoms with Gasteiger partial charge in [0.15, 0.2) is 0 Å². The van der Waals surface area contributed by atoms with Crippen LogP contribution in [0.3, 0.4) is 0 Å². The zero-order valence-electron chi connectivity index (χ0n) is 13.2. The van der Waals surface area contributed by atoms with E-state index in [1.165, 1.54) is 7.05 Å². The lowest BCUT2D eigenvalue weighted by molar-refractivity contribution is -0.123. The van der Waals surface area contributed by atoms with Gasteiger partial charge in [0.05, 0.1) is 29.2 Å². The summed E-state index contributed by atoms with van der Waals surface area (Å²) in [6, 6.07) is 9.33. The summed E-state index contributed by atoms with van der Waals surface area (Å²) in [7, 11) is 1.45. The highest BCUT2D eigenvalue weighted by molar-refractivity contribution is 6.43. The largest absolute Gasteiger partial charge is 0.358 e. The van der Waals surface area contributed by atoms with Gasteiger partial charge in [-0.25, -0.2) is 4.68 Å². The fourth-order valence-corrected chi connectivity index (χ4v) is 2.23. The maximum Gasteiger partial charge on any atom is 0.292 e. The summed E-state index contributed by atoms with van der Waals surface area (Å²) in [5.74, 6) is -1.90. The second-order valence-electron chi connectivity index (χ2n) is 4.98. The molecule has 0 bridgehead atoms. The summed E-state index contributed by atoms with van der Waals surface area (Å²) >= 11 is 0. The number of carbonyl (C=O) groups is 3. The summed E-state index contributed by atoms with van der Waals surface area (Å²) in [5, 5.41) is 9.00. The first kappa shape index (κ1) is 16.4. The third-order valence-electron chi connectivity index (χ3n) is 3.41. The maximum atomic E-state index is 12.3. The van der Waals surface area contributed by atoms with Crippen LogP contribution in [0.5, 0.6) is 0 Å². The van der Waals surface area contributed by atoms with Gasteiger partial charge in [-0.1, -0.05) is 18.2 Å². The Morgan fingerprint density at radius 3 is 2.39 bits per heavy atom. The molecule has 0 fully saturated rings. The Hall–Kier alpha value is -2.96. The van der Waals surface area contributed by atoms with Crippen LogP contribution >= 0.6 is 0 Å². The van der Waals surface area contributed by atoms with Crippen LogP contribution in [0.2, 0.25) is 0 Å². The lowest BCUT2D eigenvalue weighted by atomic mass is 10.1. The number of rotatable bonds is 5. The van der Waals surface area contributed by atoms with E-state index in [-0.39, 0.29) is 18.0 Å². The van der Waals surface area contributed by atoms with Crippen molar-refractivity contribution in [3.8, 4) is 5.69 Å². The van der Waals surface area contributed by atoms with Gasteiger partial charge in [-0.2, -0.15) is 5.10 Å². The van der Waals surface area contributed by atoms with Gasteiger partial charge >= 0.3 is 0 Å². The Kier molecular flexibility index (Phi) is 4.90. The molecule has 1 heterocycles. The van der Waals surface area contributed by atoms with Gasteiger partial charge < -0.3 is 10.6 Å². The molecule has 0 saturated heterocycles. The fraction of sp³-hybridized carbons (Fsp3) is 0.250. The summed E-state index contributed by atoms with van der Waals surface area (Å²) < 4.78 is 1.62. The van der Waals surface area contributed by atoms with Crippen molar-refractivity contribution in [2.24, 2.45) is 0 Å². The molecule has 0 radical (unpaired) electrons. The Balaban J connectivity index is 2.26. The number of nitrogens with one attached hydrogen (secondary N) is 2. The lowest BCUT2D eigenvalue weighted by Crippen LogP contribution is -2.39. The molecule has 0 atom stereocenters. The van der Waals surface area contributed by atoms with Gasteiger partial charge in [0.25, 0.3) is 11.7 Å². The topological polar surface area (TPSA) is 93.1 Å². The van der Waals surface area contributed by atoms with Crippen molar-refractivity contribution >= 4 is 17.6 Å². The van der Waals surface area contributed by atoms with Crippen LogP contribution in [0.25, 0.3) is 5.69 Å². The first-order valence-corrected chi connectivity index (χ1v) is 7.10. The summed E-state index contributed by atoms with van der Waals surface area (Å²) in [5.41, 5.74) is 2.10. The van der Waals surface area contributed by atoms with Crippen LogP contribution in [0.1, 0.15) is 21.7 Å². The van der Waals surface area contributed by atoms with Gasteiger partial charge in [-0.3, -0.25) is 14.4 Å². The SMILES string of the molecule is CNC(=O)CNC(=O)C(=O)c1c(C)nn(-c2ccccc2)c1C. The third-order valence-corrected chi connectivity index (χ3v) is 3.41. The van der Waals surface area contributed by atoms with E-state index in [0.29, 0.717) is 11.4 Å². The van der Waals surface area contributed by atoms with Crippen molar-refractivity contribution in [2.75, 3.05) is 13.6 Å². The Labute approximate surface area is 133 Å². The van der Waals surface area contributed by atoms with E-state index >= 15 is 0 Å². The second-order valence-corrected chi connectivity index (χ2v) is 4.98. The third kappa shape index (κ3) is 3.45. The average molecular weight is 314 g/mol. The predicted molar refractivity (Wildman–Crippen MR) is 84.4 cm³/mol. The first-order chi connectivity index (χ1) is 11.0. The number of ketones is 1. The van der Waals surface area contributed by atoms with Gasteiger partial charge in [-0.05, 0) is 26.0 Å². The van der Waals surface area contributed by atoms with Gasteiger partial charge in [0, 0.05) is 7.05 Å². The molecule has 120 valence electrons. The lowest BCUT2D eigenvalue weighted by Gasteiger charge is -2.05. The number of carbonyl (C=O) groups excluding carboxylic acids is 3. The van der Waals surface area contributed by atoms with Crippen LogP contribution in [0.4, 0.5) is 0 Å². The number of aryl methyl sites for hydroxylation is 1. The predicted octanol–water partition coefficient (Wildman–Crippen LogP) is 0.534. The number of nitrogens with zero attached hydrogens (tertiary/aromatic N) is 2. The molecule has 2 N–H and O–H groups in total. The quantitative estimate of drug-likeness (QED) is 0.622. The molecular formula is C16H18N4O3. The zero-order chi connectivity index (χ0) is 17.0. The number of hydrogen-bond donors (Lipinski definition) is 2. The van der Waals surface area contributed by atoms with Gasteiger partial charge in [0.1, 0.15) is 0 Å². The van der Waals surface area contributed by atoms with Crippen molar-refractivity contribution in [1.82, 2.24) is 20.4 Å². The molecule has 0 saturated carbocycles. The Bertz CT molecular complexity index is 750. The molecule has 0 aliphatic heterocycles. The van der Waals surface area contributed by atoms with E-state index in [0.717, 1.165) is 5.69 Å². The van der Waals surface area contributed by atoms with Crippen LogP contribution in [-0.2, 0) is 9.59 Å². The fourth-order valence-electron chi connectivity index (χ4n) is 2.23. The van der Waals surface area contributed by atoms with Gasteiger partial charge in [-0.15, -0.1) is 0 Å². The zero-order valence-corrected chi connectivity index (χ0v) is 13.2. The molecule has 0 unspecified atom stereocenters. The van der Waals surface area contributed by atoms with Gasteiger partial charge in [0.2, 0.25) is 5.91 Å². The number of para-hydroxylation sites is 1. The molecule has 2 amide bonds. The standard InChI is InChI=1S/C16H18N4O3/c1-10-14(15(22)16(23)18-9-13(21)17-3)11(2)20(19-10)12-7-5-4-6-8-12/h4-8H,9H2,1-3H3,(H,17,21)(H,18,23). The van der Waals surface area contributed by atoms with Crippen LogP contribution in [0, 0.1) is 13.8 Å². The van der Waals surface area contributed by atoms with E-state index in [1.807, 2.05) is 30.3 Å². The average Bonchev–Trinajstić information content (AvgIpc) is 2.87. The molecule has 7 nitrogen and oxygen atoms in total. The minimum atomic E-state index is -0.826. The van der Waals surface area contributed by atoms with E-state index in [2.05, 4.69) is 15.7 Å². The molecule has 0 aliphatic carbocycles. The van der Waals surface area contributed by atoms with Crippen LogP contribution in [0.15, 0.2) is 30.3 Å². The van der Waals surface area contributed by atoms with Crippen molar-refractivity contribution in [2.45, 2.75) is 13.8 Å². The maximum absolute atomic E-state index is 12.3. The second kappa shape index (κ2) is 6.87. The minimum absolute atomic E-state index is 0.244. The van der Waals surface area contributed by atoms with Crippen LogP contribution < -0.4 is 10.6 Å². The van der Waals surface area contributed by atoms with E-state index < -0.39 is 11.7 Å². The molecule has 23 heavy (non-hydrogen) atoms. The molecular weight excluding hydrogens is 296 g/mol. The number of amides is 2. The van der Waals surface area contributed by atoms with Crippen molar-refractivity contribution < 1.29 is 14.4 Å². The highest BCUT2D eigenvalue weighted by atomic mass is 16.2. The Morgan fingerprint density at radius 1 is 1.13 bits per heavy atom. The molecule has 2 aromatic rings. The van der Waals surface area contributed by atoms with Crippen molar-refractivity contribution in [3.63, 3.8) is 0 Å². The number of aromatic nitrogens is 2. The first-order valence-electron chi connectivity index (χ1n) is 7.10. The van der Waals surface area contributed by atoms with E-state index in [1.54, 1.807) is 18.5 Å². The normalized spacial score (nSPS) is 10.2. The number of benzene rings is 1. The van der Waals surface area contributed by atoms with E-state index in [4.69, 9.17) is 0 Å². The van der Waals surface area contributed by atoms with E-state index in [9.17, 15) is 14.4 Å². The molecule has 7 heteroatoms. The van der Waals surface area contributed by atoms with Crippen LogP contribution in [-0.4, -0.2) is 41.0 Å². The highest BCUT2D eigenvalue weighted by Gasteiger charge is 2.25. The molecule has 0 aliphatic rings. The highest BCUT2D eigenvalue weighted by Crippen LogP contribution is 2.18. The minimum Gasteiger partial charge on any atom is -0.358 e. The monoisotopic (exact) mass is 314 g/mol. The number of likely N-dealkylation sites (N-methyl/N-ethyl adjacent to an activating group) is 1. The smallest absolute Gasteiger partial charge is 0.292 e. The number of Topliss-reactive ketones (excluding diaryl/α,β-unsaturated/α-hetero) is 1. The summed E-state index contributed by atoms with van der Waals surface area (Å²) in [4.78, 5) is 35.4. The molecule has 1 aromatic carbocycles. The molecule has 0 spiro atoms. The van der Waals surface area contributed by atoms with Crippen molar-refractivity contribution in [3.05, 3.63) is 47.3 Å². The summed E-state index contributed by atoms with van der Waals surface area (Å²) in [6.45, 7) is 3.16. The Morgan fingerprint density at radius 2 is 1.78 bits per heavy atom. The van der Waals surface area contributed by atoms with Crippen molar-refractivity contribution in [1.29, 1.82) is 0 Å². The molecule has 1 aromatic heterocycles. The summed E-state index contributed by atoms with van der Waals surface area (Å²) in [6.07, 6.45) is 0.